The normalized spacial score (nSPS) is 10.8. The average molecular weight is 447 g/mol. The molecule has 0 amide bonds. The van der Waals surface area contributed by atoms with Crippen LogP contribution >= 0.6 is 28.1 Å². The maximum Gasteiger partial charge on any atom is 0.174 e. The van der Waals surface area contributed by atoms with Gasteiger partial charge in [0.05, 0.1) is 29.5 Å². The maximum atomic E-state index is 5.53. The zero-order valence-corrected chi connectivity index (χ0v) is 18.1. The van der Waals surface area contributed by atoms with Gasteiger partial charge < -0.3 is 10.2 Å². The van der Waals surface area contributed by atoms with E-state index < -0.39 is 0 Å². The fourth-order valence-electron chi connectivity index (χ4n) is 2.80. The molecule has 1 aromatic carbocycles. The highest BCUT2D eigenvalue weighted by molar-refractivity contribution is 9.10. The lowest BCUT2D eigenvalue weighted by molar-refractivity contribution is 0.470. The van der Waals surface area contributed by atoms with Gasteiger partial charge in [0.1, 0.15) is 0 Å². The van der Waals surface area contributed by atoms with Crippen LogP contribution in [0, 0.1) is 6.92 Å². The van der Waals surface area contributed by atoms with E-state index in [0.717, 1.165) is 29.1 Å². The number of nitrogens with zero attached hydrogens (tertiary/aromatic N) is 5. The van der Waals surface area contributed by atoms with Crippen LogP contribution < -0.4 is 5.32 Å². The highest BCUT2D eigenvalue weighted by atomic mass is 79.9. The van der Waals surface area contributed by atoms with E-state index in [9.17, 15) is 0 Å². The standard InChI is InChI=1S/C19H23BrN6S/c1-4-26-17(16(20)11-21-26)13-24(3)19(27)22-18-9-10-25(23-18)12-15-8-6-5-7-14(15)2/h5-11H,4,12-13H2,1-3H3,(H,22,23,27). The van der Waals surface area contributed by atoms with Crippen LogP contribution in [-0.4, -0.2) is 36.6 Å². The van der Waals surface area contributed by atoms with Gasteiger partial charge >= 0.3 is 0 Å². The molecule has 0 radical (unpaired) electrons. The number of anilines is 1. The molecule has 3 aromatic rings. The van der Waals surface area contributed by atoms with Gasteiger partial charge in [-0.1, -0.05) is 24.3 Å². The van der Waals surface area contributed by atoms with E-state index in [4.69, 9.17) is 12.2 Å². The predicted octanol–water partition coefficient (Wildman–Crippen LogP) is 4.05. The Morgan fingerprint density at radius 3 is 2.81 bits per heavy atom. The number of hydrogen-bond acceptors (Lipinski definition) is 3. The van der Waals surface area contributed by atoms with E-state index in [1.165, 1.54) is 11.1 Å². The Bertz CT molecular complexity index is 932. The maximum absolute atomic E-state index is 5.53. The van der Waals surface area contributed by atoms with Crippen LogP contribution in [0.2, 0.25) is 0 Å². The lowest BCUT2D eigenvalue weighted by Gasteiger charge is -2.21. The zero-order valence-electron chi connectivity index (χ0n) is 15.7. The first-order valence-corrected chi connectivity index (χ1v) is 9.98. The van der Waals surface area contributed by atoms with Crippen molar-refractivity contribution in [1.82, 2.24) is 24.5 Å². The topological polar surface area (TPSA) is 50.9 Å². The lowest BCUT2D eigenvalue weighted by Crippen LogP contribution is -2.31. The molecule has 0 spiro atoms. The van der Waals surface area contributed by atoms with Gasteiger partial charge in [-0.25, -0.2) is 0 Å². The molecule has 2 heterocycles. The first-order valence-electron chi connectivity index (χ1n) is 8.78. The van der Waals surface area contributed by atoms with E-state index in [0.29, 0.717) is 11.7 Å². The second-order valence-corrected chi connectivity index (χ2v) is 7.61. The molecule has 0 aliphatic rings. The first kappa shape index (κ1) is 19.6. The SMILES string of the molecule is CCn1ncc(Br)c1CN(C)C(=S)Nc1ccn(Cc2ccccc2C)n1. The number of rotatable bonds is 6. The quantitative estimate of drug-likeness (QED) is 0.578. The summed E-state index contributed by atoms with van der Waals surface area (Å²) in [6.07, 6.45) is 3.77. The molecule has 3 rings (SSSR count). The van der Waals surface area contributed by atoms with Crippen molar-refractivity contribution in [1.29, 1.82) is 0 Å². The Balaban J connectivity index is 1.62. The monoisotopic (exact) mass is 446 g/mol. The summed E-state index contributed by atoms with van der Waals surface area (Å²) in [5.41, 5.74) is 3.61. The van der Waals surface area contributed by atoms with Gasteiger partial charge in [-0.2, -0.15) is 10.2 Å². The third kappa shape index (κ3) is 4.75. The van der Waals surface area contributed by atoms with Gasteiger partial charge in [0, 0.05) is 25.9 Å². The highest BCUT2D eigenvalue weighted by Crippen LogP contribution is 2.18. The van der Waals surface area contributed by atoms with Crippen LogP contribution in [0.25, 0.3) is 0 Å². The molecule has 0 atom stereocenters. The summed E-state index contributed by atoms with van der Waals surface area (Å²) >= 11 is 9.09. The molecule has 0 saturated heterocycles. The summed E-state index contributed by atoms with van der Waals surface area (Å²) in [6, 6.07) is 10.3. The Morgan fingerprint density at radius 2 is 2.07 bits per heavy atom. The minimum absolute atomic E-state index is 0.617. The van der Waals surface area contributed by atoms with Crippen molar-refractivity contribution in [3.8, 4) is 0 Å². The van der Waals surface area contributed by atoms with E-state index >= 15 is 0 Å². The number of aromatic nitrogens is 4. The number of hydrogen-bond donors (Lipinski definition) is 1. The van der Waals surface area contributed by atoms with Crippen molar-refractivity contribution >= 4 is 39.1 Å². The third-order valence-electron chi connectivity index (χ3n) is 4.40. The summed E-state index contributed by atoms with van der Waals surface area (Å²) < 4.78 is 4.86. The number of benzene rings is 1. The predicted molar refractivity (Wildman–Crippen MR) is 116 cm³/mol. The van der Waals surface area contributed by atoms with Gasteiger partial charge in [0.2, 0.25) is 0 Å². The molecule has 0 fully saturated rings. The second-order valence-electron chi connectivity index (χ2n) is 6.37. The number of aryl methyl sites for hydroxylation is 2. The van der Waals surface area contributed by atoms with Crippen LogP contribution in [0.3, 0.4) is 0 Å². The molecular weight excluding hydrogens is 424 g/mol. The smallest absolute Gasteiger partial charge is 0.174 e. The minimum Gasteiger partial charge on any atom is -0.346 e. The largest absolute Gasteiger partial charge is 0.346 e. The molecular formula is C19H23BrN6S. The van der Waals surface area contributed by atoms with Gasteiger partial charge in [-0.3, -0.25) is 9.36 Å². The van der Waals surface area contributed by atoms with Crippen molar-refractivity contribution in [2.24, 2.45) is 0 Å². The van der Waals surface area contributed by atoms with Gasteiger partial charge in [-0.05, 0) is 53.1 Å². The molecule has 0 bridgehead atoms. The molecule has 27 heavy (non-hydrogen) atoms. The van der Waals surface area contributed by atoms with E-state index in [1.54, 1.807) is 0 Å². The summed E-state index contributed by atoms with van der Waals surface area (Å²) in [7, 11) is 1.96. The molecule has 0 unspecified atom stereocenters. The third-order valence-corrected chi connectivity index (χ3v) is 5.48. The van der Waals surface area contributed by atoms with Crippen molar-refractivity contribution in [2.75, 3.05) is 12.4 Å². The molecule has 142 valence electrons. The van der Waals surface area contributed by atoms with Crippen molar-refractivity contribution < 1.29 is 0 Å². The molecule has 0 aliphatic heterocycles. The molecule has 0 aliphatic carbocycles. The second kappa shape index (κ2) is 8.67. The number of halogens is 1. The number of nitrogens with one attached hydrogen (secondary N) is 1. The van der Waals surface area contributed by atoms with Crippen LogP contribution in [0.15, 0.2) is 47.2 Å². The van der Waals surface area contributed by atoms with Gasteiger partial charge in [-0.15, -0.1) is 0 Å². The van der Waals surface area contributed by atoms with E-state index in [1.807, 2.05) is 51.9 Å². The van der Waals surface area contributed by atoms with Crippen molar-refractivity contribution in [2.45, 2.75) is 33.5 Å². The summed E-state index contributed by atoms with van der Waals surface area (Å²) in [4.78, 5) is 1.98. The van der Waals surface area contributed by atoms with Crippen LogP contribution in [0.5, 0.6) is 0 Å². The summed E-state index contributed by atoms with van der Waals surface area (Å²) in [5, 5.41) is 12.8. The zero-order chi connectivity index (χ0) is 19.4. The lowest BCUT2D eigenvalue weighted by atomic mass is 10.1. The van der Waals surface area contributed by atoms with Crippen molar-refractivity contribution in [3.05, 3.63) is 64.0 Å². The molecule has 6 nitrogen and oxygen atoms in total. The Kier molecular flexibility index (Phi) is 6.28. The Labute approximate surface area is 173 Å². The van der Waals surface area contributed by atoms with Crippen LogP contribution in [0.1, 0.15) is 23.7 Å². The highest BCUT2D eigenvalue weighted by Gasteiger charge is 2.13. The van der Waals surface area contributed by atoms with Gasteiger partial charge in [0.25, 0.3) is 0 Å². The first-order chi connectivity index (χ1) is 13.0. The average Bonchev–Trinajstić information content (AvgIpc) is 3.23. The Hall–Kier alpha value is -2.19. The fraction of sp³-hybridized carbons (Fsp3) is 0.316. The fourth-order valence-corrected chi connectivity index (χ4v) is 3.39. The number of thiocarbonyl (C=S) groups is 1. The van der Waals surface area contributed by atoms with Crippen LogP contribution in [0.4, 0.5) is 5.82 Å². The molecule has 0 saturated carbocycles. The van der Waals surface area contributed by atoms with Crippen LogP contribution in [-0.2, 0) is 19.6 Å². The van der Waals surface area contributed by atoms with Gasteiger partial charge in [0.15, 0.2) is 10.9 Å². The minimum atomic E-state index is 0.617. The van der Waals surface area contributed by atoms with E-state index in [-0.39, 0.29) is 0 Å². The Morgan fingerprint density at radius 1 is 1.30 bits per heavy atom. The van der Waals surface area contributed by atoms with E-state index in [2.05, 4.69) is 57.4 Å². The summed E-state index contributed by atoms with van der Waals surface area (Å²) in [5.74, 6) is 0.739. The molecule has 8 heteroatoms. The van der Waals surface area contributed by atoms with Crippen molar-refractivity contribution in [3.63, 3.8) is 0 Å². The summed E-state index contributed by atoms with van der Waals surface area (Å²) in [6.45, 7) is 6.39. The molecule has 1 N–H and O–H groups in total. The molecule has 2 aromatic heterocycles.